The summed E-state index contributed by atoms with van der Waals surface area (Å²) in [6.07, 6.45) is 0.835. The van der Waals surface area contributed by atoms with E-state index in [9.17, 15) is 14.4 Å². The van der Waals surface area contributed by atoms with Gasteiger partial charge in [0.25, 0.3) is 0 Å². The van der Waals surface area contributed by atoms with Crippen molar-refractivity contribution in [3.8, 4) is 0 Å². The van der Waals surface area contributed by atoms with E-state index in [1.165, 1.54) is 13.2 Å². The molecular formula is C13H19NO6. The van der Waals surface area contributed by atoms with Gasteiger partial charge in [0.15, 0.2) is 0 Å². The van der Waals surface area contributed by atoms with Crippen molar-refractivity contribution >= 4 is 18.0 Å². The van der Waals surface area contributed by atoms with Crippen LogP contribution in [0.4, 0.5) is 4.79 Å². The number of hydrogen-bond donors (Lipinski definition) is 2. The van der Waals surface area contributed by atoms with Gasteiger partial charge in [0.05, 0.1) is 19.1 Å². The zero-order valence-electron chi connectivity index (χ0n) is 11.9. The highest BCUT2D eigenvalue weighted by Gasteiger charge is 2.37. The van der Waals surface area contributed by atoms with E-state index < -0.39 is 35.6 Å². The average molecular weight is 285 g/mol. The summed E-state index contributed by atoms with van der Waals surface area (Å²) in [5, 5.41) is 11.6. The maximum atomic E-state index is 11.6. The number of carboxylic acid groups (broad SMARTS) is 1. The molecule has 0 saturated heterocycles. The maximum absolute atomic E-state index is 11.6. The van der Waals surface area contributed by atoms with E-state index in [4.69, 9.17) is 9.84 Å². The van der Waals surface area contributed by atoms with Crippen LogP contribution in [0.2, 0.25) is 0 Å². The minimum absolute atomic E-state index is 0.0426. The van der Waals surface area contributed by atoms with Crippen LogP contribution in [0, 0.1) is 5.92 Å². The Morgan fingerprint density at radius 3 is 2.40 bits per heavy atom. The summed E-state index contributed by atoms with van der Waals surface area (Å²) in [6, 6.07) is -0.569. The summed E-state index contributed by atoms with van der Waals surface area (Å²) < 4.78 is 9.61. The Hall–Kier alpha value is -2.05. The summed E-state index contributed by atoms with van der Waals surface area (Å²) in [5.41, 5.74) is -0.606. The van der Waals surface area contributed by atoms with Crippen molar-refractivity contribution in [3.63, 3.8) is 0 Å². The Morgan fingerprint density at radius 1 is 1.35 bits per heavy atom. The first-order chi connectivity index (χ1) is 9.14. The van der Waals surface area contributed by atoms with Gasteiger partial charge >= 0.3 is 18.0 Å². The van der Waals surface area contributed by atoms with Crippen molar-refractivity contribution in [1.82, 2.24) is 5.32 Å². The van der Waals surface area contributed by atoms with Crippen molar-refractivity contribution < 1.29 is 29.0 Å². The molecule has 0 aliphatic heterocycles. The van der Waals surface area contributed by atoms with Crippen LogP contribution in [0.3, 0.4) is 0 Å². The molecule has 0 unspecified atom stereocenters. The Bertz CT molecular complexity index is 448. The first-order valence-corrected chi connectivity index (χ1v) is 6.16. The van der Waals surface area contributed by atoms with E-state index in [1.54, 1.807) is 20.8 Å². The molecule has 7 heteroatoms. The molecule has 0 spiro atoms. The van der Waals surface area contributed by atoms with Gasteiger partial charge in [0.1, 0.15) is 5.60 Å². The number of ether oxygens (including phenoxy) is 2. The highest BCUT2D eigenvalue weighted by molar-refractivity contribution is 5.96. The lowest BCUT2D eigenvalue weighted by Crippen LogP contribution is -2.38. The third kappa shape index (κ3) is 4.25. The maximum Gasteiger partial charge on any atom is 0.408 e. The predicted octanol–water partition coefficient (Wildman–Crippen LogP) is 1.08. The van der Waals surface area contributed by atoms with Crippen molar-refractivity contribution in [2.45, 2.75) is 38.8 Å². The predicted molar refractivity (Wildman–Crippen MR) is 69.0 cm³/mol. The molecule has 0 saturated carbocycles. The molecule has 1 rings (SSSR count). The van der Waals surface area contributed by atoms with E-state index in [2.05, 4.69) is 10.1 Å². The van der Waals surface area contributed by atoms with Crippen LogP contribution in [-0.2, 0) is 19.1 Å². The standard InChI is InChI=1S/C13H19NO6/c1-13(2,3)20-12(18)14-7-5-8(10(15)16)9(6-7)11(17)19-4/h6-8H,5H2,1-4H3,(H,14,18)(H,15,16)/t7-,8-/m0/s1. The van der Waals surface area contributed by atoms with Crippen LogP contribution in [0.15, 0.2) is 11.6 Å². The van der Waals surface area contributed by atoms with Gasteiger partial charge in [0, 0.05) is 5.57 Å². The number of carbonyl (C=O) groups excluding carboxylic acids is 2. The van der Waals surface area contributed by atoms with Gasteiger partial charge in [-0.1, -0.05) is 6.08 Å². The van der Waals surface area contributed by atoms with Crippen LogP contribution in [0.1, 0.15) is 27.2 Å². The third-order valence-electron chi connectivity index (χ3n) is 2.67. The van der Waals surface area contributed by atoms with Crippen molar-refractivity contribution in [1.29, 1.82) is 0 Å². The first-order valence-electron chi connectivity index (χ1n) is 6.16. The number of carbonyl (C=O) groups is 3. The van der Waals surface area contributed by atoms with E-state index in [1.807, 2.05) is 0 Å². The molecule has 112 valence electrons. The first kappa shape index (κ1) is 16.0. The topological polar surface area (TPSA) is 102 Å². The summed E-state index contributed by atoms with van der Waals surface area (Å²) in [6.45, 7) is 5.16. The van der Waals surface area contributed by atoms with Gasteiger partial charge in [0.2, 0.25) is 0 Å². The Labute approximate surface area is 116 Å². The number of amides is 1. The highest BCUT2D eigenvalue weighted by atomic mass is 16.6. The van der Waals surface area contributed by atoms with Gasteiger partial charge in [-0.25, -0.2) is 9.59 Å². The van der Waals surface area contributed by atoms with Crippen molar-refractivity contribution in [2.75, 3.05) is 7.11 Å². The molecule has 0 radical (unpaired) electrons. The Morgan fingerprint density at radius 2 is 1.95 bits per heavy atom. The second kappa shape index (κ2) is 5.94. The fourth-order valence-electron chi connectivity index (χ4n) is 1.90. The molecule has 0 aromatic rings. The van der Waals surface area contributed by atoms with Crippen LogP contribution < -0.4 is 5.32 Å². The van der Waals surface area contributed by atoms with Crippen LogP contribution in [0.5, 0.6) is 0 Å². The second-order valence-electron chi connectivity index (χ2n) is 5.49. The Balaban J connectivity index is 2.74. The lowest BCUT2D eigenvalue weighted by Gasteiger charge is -2.21. The molecule has 1 aliphatic carbocycles. The number of carboxylic acids is 1. The minimum Gasteiger partial charge on any atom is -0.481 e. The van der Waals surface area contributed by atoms with Gasteiger partial charge in [-0.3, -0.25) is 4.79 Å². The number of aliphatic carboxylic acids is 1. The zero-order chi connectivity index (χ0) is 15.5. The van der Waals surface area contributed by atoms with Crippen LogP contribution in [0.25, 0.3) is 0 Å². The molecule has 2 atom stereocenters. The summed E-state index contributed by atoms with van der Waals surface area (Å²) >= 11 is 0. The number of methoxy groups -OCH3 is 1. The normalized spacial score (nSPS) is 21.9. The van der Waals surface area contributed by atoms with Gasteiger partial charge < -0.3 is 19.9 Å². The van der Waals surface area contributed by atoms with E-state index in [-0.39, 0.29) is 12.0 Å². The molecule has 0 bridgehead atoms. The second-order valence-corrected chi connectivity index (χ2v) is 5.49. The number of esters is 1. The zero-order valence-corrected chi connectivity index (χ0v) is 11.9. The largest absolute Gasteiger partial charge is 0.481 e. The molecule has 1 amide bonds. The van der Waals surface area contributed by atoms with Crippen LogP contribution >= 0.6 is 0 Å². The lowest BCUT2D eigenvalue weighted by molar-refractivity contribution is -0.144. The van der Waals surface area contributed by atoms with Crippen LogP contribution in [-0.4, -0.2) is 41.9 Å². The van der Waals surface area contributed by atoms with Gasteiger partial charge in [-0.15, -0.1) is 0 Å². The fraction of sp³-hybridized carbons (Fsp3) is 0.615. The Kier molecular flexibility index (Phi) is 4.75. The number of alkyl carbamates (subject to hydrolysis) is 1. The molecular weight excluding hydrogens is 266 g/mol. The molecule has 7 nitrogen and oxygen atoms in total. The summed E-state index contributed by atoms with van der Waals surface area (Å²) in [5.74, 6) is -2.82. The molecule has 1 aliphatic rings. The monoisotopic (exact) mass is 285 g/mol. The SMILES string of the molecule is COC(=O)C1=C[C@@H](NC(=O)OC(C)(C)C)C[C@@H]1C(=O)O. The molecule has 0 aromatic heterocycles. The van der Waals surface area contributed by atoms with E-state index in [0.717, 1.165) is 0 Å². The highest BCUT2D eigenvalue weighted by Crippen LogP contribution is 2.27. The molecule has 2 N–H and O–H groups in total. The minimum atomic E-state index is -1.13. The van der Waals surface area contributed by atoms with E-state index >= 15 is 0 Å². The summed E-state index contributed by atoms with van der Waals surface area (Å²) in [4.78, 5) is 34.2. The van der Waals surface area contributed by atoms with Crippen molar-refractivity contribution in [3.05, 3.63) is 11.6 Å². The fourth-order valence-corrected chi connectivity index (χ4v) is 1.90. The number of hydrogen-bond acceptors (Lipinski definition) is 5. The quantitative estimate of drug-likeness (QED) is 0.752. The van der Waals surface area contributed by atoms with E-state index in [0.29, 0.717) is 0 Å². The van der Waals surface area contributed by atoms with Crippen molar-refractivity contribution in [2.24, 2.45) is 5.92 Å². The molecule has 0 aromatic carbocycles. The number of rotatable bonds is 3. The third-order valence-corrected chi connectivity index (χ3v) is 2.67. The van der Waals surface area contributed by atoms with Gasteiger partial charge in [-0.2, -0.15) is 0 Å². The average Bonchev–Trinajstić information content (AvgIpc) is 2.69. The molecule has 0 fully saturated rings. The lowest BCUT2D eigenvalue weighted by atomic mass is 10.0. The van der Waals surface area contributed by atoms with Gasteiger partial charge in [-0.05, 0) is 27.2 Å². The molecule has 20 heavy (non-hydrogen) atoms. The number of nitrogens with one attached hydrogen (secondary N) is 1. The summed E-state index contributed by atoms with van der Waals surface area (Å²) in [7, 11) is 1.18. The molecule has 0 heterocycles. The smallest absolute Gasteiger partial charge is 0.408 e.